The van der Waals surface area contributed by atoms with Gasteiger partial charge in [0.25, 0.3) is 5.91 Å². The number of likely N-dealkylation sites (tertiary alicyclic amines) is 1. The van der Waals surface area contributed by atoms with Gasteiger partial charge in [0.2, 0.25) is 0 Å². The van der Waals surface area contributed by atoms with Crippen molar-refractivity contribution in [2.75, 3.05) is 43.4 Å². The number of aldehydes is 1. The number of benzene rings is 1. The second kappa shape index (κ2) is 13.4. The number of nitrogens with one attached hydrogen (secondary N) is 1. The minimum absolute atomic E-state index is 0.119. The van der Waals surface area contributed by atoms with Crippen LogP contribution in [-0.4, -0.2) is 55.3 Å². The van der Waals surface area contributed by atoms with Gasteiger partial charge in [-0.25, -0.2) is 4.98 Å². The summed E-state index contributed by atoms with van der Waals surface area (Å²) >= 11 is 0. The maximum absolute atomic E-state index is 13.0. The number of halogens is 3. The zero-order valence-electron chi connectivity index (χ0n) is 21.9. The molecule has 2 saturated heterocycles. The number of hydrogen-bond donors (Lipinski definition) is 1. The van der Waals surface area contributed by atoms with E-state index in [9.17, 15) is 22.8 Å². The summed E-state index contributed by atoms with van der Waals surface area (Å²) in [7, 11) is 2.20. The molecule has 3 heterocycles. The number of carbonyl (C=O) groups is 2. The summed E-state index contributed by atoms with van der Waals surface area (Å²) in [5, 5.41) is 2.65. The molecule has 1 amide bonds. The van der Waals surface area contributed by atoms with E-state index in [4.69, 9.17) is 6.42 Å². The van der Waals surface area contributed by atoms with Crippen molar-refractivity contribution in [2.24, 2.45) is 11.8 Å². The van der Waals surface area contributed by atoms with E-state index in [1.165, 1.54) is 44.3 Å². The third-order valence-electron chi connectivity index (χ3n) is 6.94. The number of terminal acetylenes is 1. The van der Waals surface area contributed by atoms with Crippen molar-refractivity contribution in [3.05, 3.63) is 53.2 Å². The third-order valence-corrected chi connectivity index (χ3v) is 6.94. The number of hydrogen-bond acceptors (Lipinski definition) is 5. The molecule has 1 unspecified atom stereocenters. The Morgan fingerprint density at radius 1 is 1.21 bits per heavy atom. The largest absolute Gasteiger partial charge is 0.416 e. The normalized spacial score (nSPS) is 18.6. The number of rotatable bonds is 5. The fraction of sp³-hybridized carbons (Fsp3) is 0.483. The molecule has 38 heavy (non-hydrogen) atoms. The van der Waals surface area contributed by atoms with Gasteiger partial charge < -0.3 is 19.9 Å². The van der Waals surface area contributed by atoms with Gasteiger partial charge in [-0.15, -0.1) is 6.42 Å². The van der Waals surface area contributed by atoms with Crippen LogP contribution in [0, 0.1) is 24.2 Å². The van der Waals surface area contributed by atoms with Crippen molar-refractivity contribution in [1.82, 2.24) is 9.88 Å². The molecule has 1 aromatic heterocycles. The first-order valence-electron chi connectivity index (χ1n) is 12.9. The number of nitrogens with zero attached hydrogens (tertiary/aromatic N) is 3. The molecule has 2 fully saturated rings. The molecule has 0 aliphatic carbocycles. The van der Waals surface area contributed by atoms with Crippen molar-refractivity contribution >= 4 is 23.7 Å². The molecule has 1 N–H and O–H groups in total. The Kier molecular flexibility index (Phi) is 10.3. The zero-order valence-corrected chi connectivity index (χ0v) is 21.9. The Morgan fingerprint density at radius 2 is 1.95 bits per heavy atom. The number of anilines is 2. The van der Waals surface area contributed by atoms with Crippen LogP contribution in [0.3, 0.4) is 0 Å². The Hall–Kier alpha value is -3.38. The van der Waals surface area contributed by atoms with Gasteiger partial charge in [-0.2, -0.15) is 13.2 Å². The maximum atomic E-state index is 13.0. The average molecular weight is 529 g/mol. The van der Waals surface area contributed by atoms with Gasteiger partial charge >= 0.3 is 6.18 Å². The third kappa shape index (κ3) is 8.32. The number of carbonyl (C=O) groups excluding carboxylic acids is 2. The van der Waals surface area contributed by atoms with Crippen LogP contribution in [0.2, 0.25) is 0 Å². The van der Waals surface area contributed by atoms with Gasteiger partial charge in [0.1, 0.15) is 6.29 Å². The topological polar surface area (TPSA) is 65.5 Å². The van der Waals surface area contributed by atoms with Gasteiger partial charge in [0, 0.05) is 43.4 Å². The van der Waals surface area contributed by atoms with Gasteiger partial charge in [-0.1, -0.05) is 18.9 Å². The second-order valence-corrected chi connectivity index (χ2v) is 10.1. The second-order valence-electron chi connectivity index (χ2n) is 10.1. The Balaban J connectivity index is 0.000000427. The average Bonchev–Trinajstić information content (AvgIpc) is 2.89. The van der Waals surface area contributed by atoms with E-state index >= 15 is 0 Å². The predicted molar refractivity (Wildman–Crippen MR) is 143 cm³/mol. The standard InChI is InChI=1S/C22H20F3N3O2.C7H15N/c1-2-15-12-19(20(26-14-15)28-9-6-16(7-10-28)8-11-29)27-21(30)17-4-3-5-18(13-17)22(23,24)25;1-7-4-3-5-8(2)6-7/h1,3-5,11-14,16H,6-10H2,(H,27,30);7H,3-6H2,1-2H3. The lowest BCUT2D eigenvalue weighted by atomic mass is 9.94. The molecule has 4 rings (SSSR count). The Bertz CT molecular complexity index is 1130. The summed E-state index contributed by atoms with van der Waals surface area (Å²) in [5.41, 5.74) is -0.245. The first-order chi connectivity index (χ1) is 18.1. The van der Waals surface area contributed by atoms with Crippen molar-refractivity contribution in [3.8, 4) is 12.3 Å². The van der Waals surface area contributed by atoms with Crippen LogP contribution in [0.25, 0.3) is 0 Å². The molecule has 1 aromatic carbocycles. The highest BCUT2D eigenvalue weighted by Gasteiger charge is 2.31. The van der Waals surface area contributed by atoms with E-state index in [2.05, 4.69) is 35.1 Å². The van der Waals surface area contributed by atoms with E-state index in [0.717, 1.165) is 37.2 Å². The van der Waals surface area contributed by atoms with Crippen molar-refractivity contribution < 1.29 is 22.8 Å². The van der Waals surface area contributed by atoms with Crippen LogP contribution in [0.1, 0.15) is 60.5 Å². The molecule has 1 atom stereocenters. The summed E-state index contributed by atoms with van der Waals surface area (Å²) in [6, 6.07) is 5.79. The summed E-state index contributed by atoms with van der Waals surface area (Å²) < 4.78 is 38.9. The molecule has 2 aliphatic rings. The van der Waals surface area contributed by atoms with Crippen LogP contribution in [0.15, 0.2) is 36.5 Å². The van der Waals surface area contributed by atoms with Crippen molar-refractivity contribution in [3.63, 3.8) is 0 Å². The minimum Gasteiger partial charge on any atom is -0.355 e. The quantitative estimate of drug-likeness (QED) is 0.411. The summed E-state index contributed by atoms with van der Waals surface area (Å²) in [6.07, 6.45) is 8.27. The molecular formula is C29H35F3N4O2. The van der Waals surface area contributed by atoms with Crippen LogP contribution in [0.4, 0.5) is 24.7 Å². The Morgan fingerprint density at radius 3 is 2.53 bits per heavy atom. The zero-order chi connectivity index (χ0) is 27.7. The first-order valence-corrected chi connectivity index (χ1v) is 12.9. The molecule has 2 aromatic rings. The molecule has 2 aliphatic heterocycles. The molecule has 204 valence electrons. The highest BCUT2D eigenvalue weighted by atomic mass is 19.4. The number of aromatic nitrogens is 1. The number of piperidine rings is 2. The summed E-state index contributed by atoms with van der Waals surface area (Å²) in [5.74, 6) is 3.51. The molecule has 0 spiro atoms. The van der Waals surface area contributed by atoms with E-state index in [0.29, 0.717) is 42.5 Å². The number of amides is 1. The Labute approximate surface area is 222 Å². The summed E-state index contributed by atoms with van der Waals surface area (Å²) in [4.78, 5) is 32.1. The van der Waals surface area contributed by atoms with Gasteiger partial charge in [0.05, 0.1) is 11.3 Å². The van der Waals surface area contributed by atoms with Crippen LogP contribution < -0.4 is 10.2 Å². The molecular weight excluding hydrogens is 493 g/mol. The van der Waals surface area contributed by atoms with Gasteiger partial charge in [-0.3, -0.25) is 4.79 Å². The summed E-state index contributed by atoms with van der Waals surface area (Å²) in [6.45, 7) is 6.24. The highest BCUT2D eigenvalue weighted by Crippen LogP contribution is 2.32. The van der Waals surface area contributed by atoms with Gasteiger partial charge in [-0.05, 0) is 75.4 Å². The van der Waals surface area contributed by atoms with E-state index in [-0.39, 0.29) is 5.56 Å². The van der Waals surface area contributed by atoms with Gasteiger partial charge in [0.15, 0.2) is 5.82 Å². The lowest BCUT2D eigenvalue weighted by Gasteiger charge is -2.33. The molecule has 9 heteroatoms. The highest BCUT2D eigenvalue weighted by molar-refractivity contribution is 6.05. The van der Waals surface area contributed by atoms with Crippen molar-refractivity contribution in [2.45, 2.75) is 45.2 Å². The minimum atomic E-state index is -4.54. The first kappa shape index (κ1) is 29.2. The number of alkyl halides is 3. The molecule has 6 nitrogen and oxygen atoms in total. The van der Waals surface area contributed by atoms with E-state index in [1.807, 2.05) is 4.90 Å². The number of pyridine rings is 1. The fourth-order valence-corrected chi connectivity index (χ4v) is 4.85. The van der Waals surface area contributed by atoms with E-state index in [1.54, 1.807) is 6.07 Å². The lowest BCUT2D eigenvalue weighted by Crippen LogP contribution is -2.35. The lowest BCUT2D eigenvalue weighted by molar-refractivity contribution is -0.137. The predicted octanol–water partition coefficient (Wildman–Crippen LogP) is 5.49. The van der Waals surface area contributed by atoms with Crippen LogP contribution >= 0.6 is 0 Å². The van der Waals surface area contributed by atoms with E-state index < -0.39 is 17.6 Å². The molecule has 0 saturated carbocycles. The van der Waals surface area contributed by atoms with Crippen LogP contribution in [0.5, 0.6) is 0 Å². The fourth-order valence-electron chi connectivity index (χ4n) is 4.85. The maximum Gasteiger partial charge on any atom is 0.416 e. The molecule has 0 bridgehead atoms. The van der Waals surface area contributed by atoms with Crippen molar-refractivity contribution in [1.29, 1.82) is 0 Å². The molecule has 0 radical (unpaired) electrons. The van der Waals surface area contributed by atoms with Crippen LogP contribution in [-0.2, 0) is 11.0 Å². The smallest absolute Gasteiger partial charge is 0.355 e. The SMILES string of the molecule is C#Cc1cnc(N2CCC(CC=O)CC2)c(NC(=O)c2cccc(C(F)(F)F)c2)c1.CC1CCCN(C)C1. The monoisotopic (exact) mass is 528 g/mol.